The van der Waals surface area contributed by atoms with E-state index < -0.39 is 0 Å². The largest absolute Gasteiger partial charge is 0.469 e. The van der Waals surface area contributed by atoms with Gasteiger partial charge in [-0.15, -0.1) is 0 Å². The predicted molar refractivity (Wildman–Crippen MR) is 79.2 cm³/mol. The van der Waals surface area contributed by atoms with Gasteiger partial charge in [-0.25, -0.2) is 9.98 Å². The van der Waals surface area contributed by atoms with Crippen LogP contribution < -0.4 is 0 Å². The molecular formula is C15H16N2O4. The zero-order chi connectivity index (χ0) is 15.8. The number of methoxy groups -OCH3 is 1. The molecule has 0 fully saturated rings. The first-order chi connectivity index (χ1) is 9.92. The maximum Gasteiger partial charge on any atom is 0.309 e. The lowest BCUT2D eigenvalue weighted by Crippen LogP contribution is -2.09. The monoisotopic (exact) mass is 288 g/mol. The second-order valence-corrected chi connectivity index (χ2v) is 4.19. The number of nitrogens with zero attached hydrogens (tertiary/aromatic N) is 2. The van der Waals surface area contributed by atoms with Gasteiger partial charge in [-0.1, -0.05) is 12.2 Å². The van der Waals surface area contributed by atoms with Gasteiger partial charge >= 0.3 is 5.97 Å². The van der Waals surface area contributed by atoms with Crippen molar-refractivity contribution in [1.29, 1.82) is 0 Å². The molecule has 0 heterocycles. The average Bonchev–Trinajstić information content (AvgIpc) is 2.40. The summed E-state index contributed by atoms with van der Waals surface area (Å²) in [5.74, 6) is -1.04. The number of hydrogen-bond donors (Lipinski definition) is 0. The highest BCUT2D eigenvalue weighted by Gasteiger charge is 2.10. The van der Waals surface area contributed by atoms with Crippen LogP contribution in [0.2, 0.25) is 0 Å². The second-order valence-electron chi connectivity index (χ2n) is 4.19. The molecule has 0 aromatic heterocycles. The van der Waals surface area contributed by atoms with E-state index in [0.717, 1.165) is 0 Å². The summed E-state index contributed by atoms with van der Waals surface area (Å²) >= 11 is 0. The lowest BCUT2D eigenvalue weighted by molar-refractivity contribution is -0.139. The molecule has 0 saturated carbocycles. The molecule has 0 saturated heterocycles. The Bertz CT molecular complexity index is 607. The number of esters is 1. The van der Waals surface area contributed by atoms with E-state index >= 15 is 0 Å². The third kappa shape index (κ3) is 5.90. The van der Waals surface area contributed by atoms with Gasteiger partial charge in [-0.2, -0.15) is 0 Å². The third-order valence-electron chi connectivity index (χ3n) is 2.39. The molecular weight excluding hydrogens is 272 g/mol. The van der Waals surface area contributed by atoms with E-state index in [1.807, 2.05) is 0 Å². The number of amides is 2. The summed E-state index contributed by atoms with van der Waals surface area (Å²) in [5.41, 5.74) is 1.51. The number of ether oxygens (including phenoxy) is 1. The zero-order valence-corrected chi connectivity index (χ0v) is 12.1. The molecule has 6 nitrogen and oxygen atoms in total. The molecule has 1 rings (SSSR count). The lowest BCUT2D eigenvalue weighted by atomic mass is 10.0. The Balaban J connectivity index is 3.04. The van der Waals surface area contributed by atoms with Crippen molar-refractivity contribution in [2.45, 2.75) is 20.3 Å². The van der Waals surface area contributed by atoms with Gasteiger partial charge in [0.05, 0.1) is 25.0 Å². The molecule has 0 N–H and O–H groups in total. The van der Waals surface area contributed by atoms with Gasteiger partial charge in [0, 0.05) is 19.4 Å². The fourth-order valence-electron chi connectivity index (χ4n) is 1.56. The summed E-state index contributed by atoms with van der Waals surface area (Å²) in [6.45, 7) is 2.69. The van der Waals surface area contributed by atoms with Crippen molar-refractivity contribution in [1.82, 2.24) is 0 Å². The van der Waals surface area contributed by atoms with Gasteiger partial charge in [0.25, 0.3) is 0 Å². The molecule has 0 aromatic rings. The summed E-state index contributed by atoms with van der Waals surface area (Å²) in [7, 11) is 1.30. The molecule has 0 aromatic carbocycles. The maximum absolute atomic E-state index is 11.1. The topological polar surface area (TPSA) is 85.2 Å². The van der Waals surface area contributed by atoms with Gasteiger partial charge in [0.15, 0.2) is 0 Å². The van der Waals surface area contributed by atoms with Crippen molar-refractivity contribution in [2.75, 3.05) is 7.11 Å². The van der Waals surface area contributed by atoms with Gasteiger partial charge in [0.2, 0.25) is 11.8 Å². The van der Waals surface area contributed by atoms with Crippen LogP contribution >= 0.6 is 0 Å². The molecule has 1 aliphatic rings. The summed E-state index contributed by atoms with van der Waals surface area (Å²) in [6.07, 6.45) is 8.15. The maximum atomic E-state index is 11.1. The molecule has 21 heavy (non-hydrogen) atoms. The van der Waals surface area contributed by atoms with Crippen LogP contribution in [0.15, 0.2) is 45.9 Å². The minimum Gasteiger partial charge on any atom is -0.469 e. The molecule has 110 valence electrons. The Kier molecular flexibility index (Phi) is 6.13. The fourth-order valence-corrected chi connectivity index (χ4v) is 1.56. The van der Waals surface area contributed by atoms with Crippen LogP contribution in [0.1, 0.15) is 20.3 Å². The first-order valence-electron chi connectivity index (χ1n) is 6.24. The third-order valence-corrected chi connectivity index (χ3v) is 2.39. The summed E-state index contributed by atoms with van der Waals surface area (Å²) in [4.78, 5) is 40.9. The Hall–Kier alpha value is -2.63. The van der Waals surface area contributed by atoms with Crippen LogP contribution in [0.25, 0.3) is 0 Å². The molecule has 0 unspecified atom stereocenters. The number of carbonyl (C=O) groups excluding carboxylic acids is 3. The number of allylic oxidation sites excluding steroid dienone is 5. The van der Waals surface area contributed by atoms with Crippen LogP contribution in [-0.2, 0) is 19.1 Å². The molecule has 0 radical (unpaired) electrons. The zero-order valence-electron chi connectivity index (χ0n) is 12.1. The highest BCUT2D eigenvalue weighted by atomic mass is 16.5. The Morgan fingerprint density at radius 3 is 2.38 bits per heavy atom. The first-order valence-corrected chi connectivity index (χ1v) is 6.24. The second kappa shape index (κ2) is 7.84. The van der Waals surface area contributed by atoms with Crippen LogP contribution in [0.4, 0.5) is 0 Å². The molecule has 0 atom stereocenters. The number of rotatable bonds is 3. The van der Waals surface area contributed by atoms with Crippen molar-refractivity contribution in [3.8, 4) is 0 Å². The van der Waals surface area contributed by atoms with Gasteiger partial charge < -0.3 is 4.74 Å². The van der Waals surface area contributed by atoms with Crippen molar-refractivity contribution in [3.05, 3.63) is 36.0 Å². The van der Waals surface area contributed by atoms with E-state index in [9.17, 15) is 14.4 Å². The molecule has 2 amide bonds. The van der Waals surface area contributed by atoms with E-state index in [-0.39, 0.29) is 24.2 Å². The molecule has 0 bridgehead atoms. The van der Waals surface area contributed by atoms with E-state index in [0.29, 0.717) is 17.0 Å². The Morgan fingerprint density at radius 1 is 1.14 bits per heavy atom. The number of hydrogen-bond acceptors (Lipinski definition) is 4. The Labute approximate surface area is 122 Å². The van der Waals surface area contributed by atoms with Crippen LogP contribution in [0.3, 0.4) is 0 Å². The van der Waals surface area contributed by atoms with Crippen molar-refractivity contribution in [3.63, 3.8) is 0 Å². The molecule has 1 aliphatic carbocycles. The first kappa shape index (κ1) is 16.4. The average molecular weight is 288 g/mol. The Morgan fingerprint density at radius 2 is 1.81 bits per heavy atom. The van der Waals surface area contributed by atoms with Crippen LogP contribution in [0.5, 0.6) is 0 Å². The van der Waals surface area contributed by atoms with Gasteiger partial charge in [-0.05, 0) is 18.2 Å². The summed E-state index contributed by atoms with van der Waals surface area (Å²) in [6, 6.07) is 0. The van der Waals surface area contributed by atoms with E-state index in [1.165, 1.54) is 21.0 Å². The van der Waals surface area contributed by atoms with E-state index in [4.69, 9.17) is 0 Å². The number of aliphatic imine (C=N–C) groups is 2. The summed E-state index contributed by atoms with van der Waals surface area (Å²) < 4.78 is 4.53. The molecule has 0 spiro atoms. The fraction of sp³-hybridized carbons (Fsp3) is 0.267. The summed E-state index contributed by atoms with van der Waals surface area (Å²) in [5, 5.41) is 0. The van der Waals surface area contributed by atoms with Crippen molar-refractivity contribution < 1.29 is 19.1 Å². The van der Waals surface area contributed by atoms with E-state index in [2.05, 4.69) is 14.7 Å². The number of carbonyl (C=O) groups is 3. The molecule has 0 aliphatic heterocycles. The van der Waals surface area contributed by atoms with Gasteiger partial charge in [0.1, 0.15) is 0 Å². The standard InChI is InChI=1S/C15H16N2O4/c1-10(18)16-13-7-8-14(17-11(2)19)12(9-13)5-4-6-15(20)21-3/h4-5,7-9H,6H2,1-3H3/b5-4+,16-13?,17-14?. The smallest absolute Gasteiger partial charge is 0.309 e. The minimum absolute atomic E-state index is 0.101. The molecule has 6 heteroatoms. The minimum atomic E-state index is -0.374. The highest BCUT2D eigenvalue weighted by Crippen LogP contribution is 2.11. The van der Waals surface area contributed by atoms with Crippen LogP contribution in [0, 0.1) is 0 Å². The SMILES string of the molecule is COC(=O)C/C=C/C1=CC(=NC(C)=O)C=CC1=NC(C)=O. The van der Waals surface area contributed by atoms with Crippen LogP contribution in [-0.4, -0.2) is 36.3 Å². The van der Waals surface area contributed by atoms with Crippen molar-refractivity contribution in [2.24, 2.45) is 9.98 Å². The van der Waals surface area contributed by atoms with E-state index in [1.54, 1.807) is 30.4 Å². The lowest BCUT2D eigenvalue weighted by Gasteiger charge is -2.08. The van der Waals surface area contributed by atoms with Crippen molar-refractivity contribution >= 4 is 29.2 Å². The normalized spacial score (nSPS) is 18.1. The quantitative estimate of drug-likeness (QED) is 0.583. The van der Waals surface area contributed by atoms with Gasteiger partial charge in [-0.3, -0.25) is 14.4 Å². The predicted octanol–water partition coefficient (Wildman–Crippen LogP) is 1.58. The highest BCUT2D eigenvalue weighted by molar-refractivity contribution is 6.25.